The maximum atomic E-state index is 14.0. The normalized spacial score (nSPS) is 15.8. The molecule has 0 saturated carbocycles. The van der Waals surface area contributed by atoms with Gasteiger partial charge in [0.2, 0.25) is 5.88 Å². The molecule has 6 heteroatoms. The molecular formula is C20H16F2N2O2. The Labute approximate surface area is 149 Å². The van der Waals surface area contributed by atoms with Gasteiger partial charge in [0.15, 0.2) is 11.6 Å². The number of benzene rings is 2. The molecule has 26 heavy (non-hydrogen) atoms. The fourth-order valence-electron chi connectivity index (χ4n) is 2.99. The Morgan fingerprint density at radius 3 is 2.81 bits per heavy atom. The molecule has 2 aromatic carbocycles. The lowest BCUT2D eigenvalue weighted by molar-refractivity contribution is 0.170. The number of nitrogens with zero attached hydrogens (tertiary/aromatic N) is 1. The number of aromatic nitrogens is 1. The molecule has 0 radical (unpaired) electrons. The number of halogens is 2. The molecule has 4 rings (SSSR count). The van der Waals surface area contributed by atoms with Crippen molar-refractivity contribution >= 4 is 5.69 Å². The maximum Gasteiger partial charge on any atom is 0.219 e. The quantitative estimate of drug-likeness (QED) is 0.734. The van der Waals surface area contributed by atoms with Crippen LogP contribution in [-0.2, 0) is 6.42 Å². The Balaban J connectivity index is 1.54. The Morgan fingerprint density at radius 1 is 1.12 bits per heavy atom. The topological polar surface area (TPSA) is 57.4 Å². The average Bonchev–Trinajstić information content (AvgIpc) is 2.65. The zero-order chi connectivity index (χ0) is 18.1. The van der Waals surface area contributed by atoms with Crippen LogP contribution in [0.25, 0.3) is 0 Å². The molecule has 0 bridgehead atoms. The fourth-order valence-corrected chi connectivity index (χ4v) is 2.99. The average molecular weight is 354 g/mol. The summed E-state index contributed by atoms with van der Waals surface area (Å²) in [5.74, 6) is -0.00917. The summed E-state index contributed by atoms with van der Waals surface area (Å²) in [4.78, 5) is 4.10. The molecule has 0 spiro atoms. The van der Waals surface area contributed by atoms with Crippen molar-refractivity contribution in [2.75, 3.05) is 5.73 Å². The predicted molar refractivity (Wildman–Crippen MR) is 93.2 cm³/mol. The lowest BCUT2D eigenvalue weighted by atomic mass is 9.97. The first kappa shape index (κ1) is 16.3. The van der Waals surface area contributed by atoms with Gasteiger partial charge in [-0.1, -0.05) is 12.1 Å². The summed E-state index contributed by atoms with van der Waals surface area (Å²) in [6.07, 6.45) is 2.23. The molecular weight excluding hydrogens is 338 g/mol. The van der Waals surface area contributed by atoms with E-state index in [1.165, 1.54) is 12.3 Å². The van der Waals surface area contributed by atoms with Crippen LogP contribution in [0.1, 0.15) is 23.7 Å². The first-order valence-electron chi connectivity index (χ1n) is 8.23. The van der Waals surface area contributed by atoms with Crippen LogP contribution in [0.3, 0.4) is 0 Å². The van der Waals surface area contributed by atoms with Gasteiger partial charge in [0.05, 0.1) is 11.9 Å². The van der Waals surface area contributed by atoms with Crippen LogP contribution in [0, 0.1) is 11.6 Å². The first-order valence-corrected chi connectivity index (χ1v) is 8.23. The zero-order valence-corrected chi connectivity index (χ0v) is 13.8. The van der Waals surface area contributed by atoms with Gasteiger partial charge < -0.3 is 15.2 Å². The fraction of sp³-hybridized carbons (Fsp3) is 0.150. The number of aryl methyl sites for hydroxylation is 1. The highest BCUT2D eigenvalue weighted by atomic mass is 19.2. The second kappa shape index (κ2) is 6.63. The van der Waals surface area contributed by atoms with Crippen molar-refractivity contribution in [2.24, 2.45) is 0 Å². The molecule has 1 aromatic heterocycles. The molecule has 2 N–H and O–H groups in total. The minimum absolute atomic E-state index is 0.238. The van der Waals surface area contributed by atoms with Gasteiger partial charge in [-0.3, -0.25) is 0 Å². The highest BCUT2D eigenvalue weighted by Gasteiger charge is 2.25. The highest BCUT2D eigenvalue weighted by Crippen LogP contribution is 2.38. The number of hydrogen-bond acceptors (Lipinski definition) is 4. The summed E-state index contributed by atoms with van der Waals surface area (Å²) < 4.78 is 39.1. The van der Waals surface area contributed by atoms with Crippen molar-refractivity contribution in [3.05, 3.63) is 77.5 Å². The number of rotatable bonds is 3. The van der Waals surface area contributed by atoms with Gasteiger partial charge >= 0.3 is 0 Å². The van der Waals surface area contributed by atoms with E-state index in [9.17, 15) is 8.78 Å². The van der Waals surface area contributed by atoms with Gasteiger partial charge in [-0.15, -0.1) is 0 Å². The third kappa shape index (κ3) is 3.18. The third-order valence-electron chi connectivity index (χ3n) is 4.29. The van der Waals surface area contributed by atoms with E-state index >= 15 is 0 Å². The molecule has 0 fully saturated rings. The summed E-state index contributed by atoms with van der Waals surface area (Å²) in [7, 11) is 0. The molecule has 3 aromatic rings. The van der Waals surface area contributed by atoms with Gasteiger partial charge in [0.1, 0.15) is 17.6 Å². The summed E-state index contributed by atoms with van der Waals surface area (Å²) in [5.41, 5.74) is 7.36. The third-order valence-corrected chi connectivity index (χ3v) is 4.29. The maximum absolute atomic E-state index is 14.0. The first-order chi connectivity index (χ1) is 12.6. The second-order valence-electron chi connectivity index (χ2n) is 6.09. The van der Waals surface area contributed by atoms with Crippen LogP contribution in [0.2, 0.25) is 0 Å². The zero-order valence-electron chi connectivity index (χ0n) is 13.8. The molecule has 0 aliphatic carbocycles. The molecule has 1 aliphatic rings. The van der Waals surface area contributed by atoms with Crippen molar-refractivity contribution in [1.29, 1.82) is 0 Å². The minimum atomic E-state index is -0.864. The Kier molecular flexibility index (Phi) is 4.16. The highest BCUT2D eigenvalue weighted by molar-refractivity contribution is 5.44. The van der Waals surface area contributed by atoms with Crippen LogP contribution in [-0.4, -0.2) is 4.98 Å². The molecule has 1 unspecified atom stereocenters. The molecule has 0 saturated heterocycles. The van der Waals surface area contributed by atoms with E-state index in [0.29, 0.717) is 35.9 Å². The van der Waals surface area contributed by atoms with E-state index in [1.54, 1.807) is 30.3 Å². The number of fused-ring (bicyclic) bond motifs is 1. The van der Waals surface area contributed by atoms with Gasteiger partial charge in [-0.05, 0) is 48.7 Å². The largest absolute Gasteiger partial charge is 0.485 e. The standard InChI is InChI=1S/C20H16F2N2O2/c21-16-3-1-2-15(20(16)22)18-7-4-12-10-14(6-8-17(12)26-18)25-19-9-5-13(23)11-24-19/h1-3,5-6,8-11,18H,4,7,23H2. The second-order valence-corrected chi connectivity index (χ2v) is 6.09. The van der Waals surface area contributed by atoms with Gasteiger partial charge in [-0.2, -0.15) is 0 Å². The Hall–Kier alpha value is -3.15. The lowest BCUT2D eigenvalue weighted by Crippen LogP contribution is -2.17. The van der Waals surface area contributed by atoms with Crippen molar-refractivity contribution in [3.63, 3.8) is 0 Å². The number of hydrogen-bond donors (Lipinski definition) is 1. The monoisotopic (exact) mass is 354 g/mol. The number of ether oxygens (including phenoxy) is 2. The van der Waals surface area contributed by atoms with Crippen LogP contribution >= 0.6 is 0 Å². The van der Waals surface area contributed by atoms with E-state index in [-0.39, 0.29) is 5.56 Å². The number of pyridine rings is 1. The summed E-state index contributed by atoms with van der Waals surface area (Å²) >= 11 is 0. The molecule has 1 atom stereocenters. The number of anilines is 1. The van der Waals surface area contributed by atoms with Gasteiger partial charge in [0, 0.05) is 11.6 Å². The van der Waals surface area contributed by atoms with E-state index in [2.05, 4.69) is 4.98 Å². The van der Waals surface area contributed by atoms with E-state index < -0.39 is 17.7 Å². The Bertz CT molecular complexity index is 945. The summed E-state index contributed by atoms with van der Waals surface area (Å²) in [6, 6.07) is 12.9. The number of nitrogen functional groups attached to an aromatic ring is 1. The predicted octanol–water partition coefficient (Wildman–Crippen LogP) is 4.80. The van der Waals surface area contributed by atoms with Crippen LogP contribution in [0.4, 0.5) is 14.5 Å². The van der Waals surface area contributed by atoms with Crippen LogP contribution in [0.15, 0.2) is 54.7 Å². The van der Waals surface area contributed by atoms with Crippen molar-refractivity contribution < 1.29 is 18.3 Å². The van der Waals surface area contributed by atoms with E-state index in [1.807, 2.05) is 6.07 Å². The lowest BCUT2D eigenvalue weighted by Gasteiger charge is -2.27. The summed E-state index contributed by atoms with van der Waals surface area (Å²) in [6.45, 7) is 0. The minimum Gasteiger partial charge on any atom is -0.485 e. The van der Waals surface area contributed by atoms with Crippen molar-refractivity contribution in [3.8, 4) is 17.4 Å². The van der Waals surface area contributed by atoms with Crippen molar-refractivity contribution in [2.45, 2.75) is 18.9 Å². The number of nitrogens with two attached hydrogens (primary N) is 1. The van der Waals surface area contributed by atoms with Crippen LogP contribution in [0.5, 0.6) is 17.4 Å². The molecule has 0 amide bonds. The summed E-state index contributed by atoms with van der Waals surface area (Å²) in [5, 5.41) is 0. The molecule has 2 heterocycles. The van der Waals surface area contributed by atoms with E-state index in [0.717, 1.165) is 11.6 Å². The van der Waals surface area contributed by atoms with Gasteiger partial charge in [-0.25, -0.2) is 13.8 Å². The smallest absolute Gasteiger partial charge is 0.219 e. The molecule has 1 aliphatic heterocycles. The van der Waals surface area contributed by atoms with Crippen LogP contribution < -0.4 is 15.2 Å². The van der Waals surface area contributed by atoms with E-state index in [4.69, 9.17) is 15.2 Å². The SMILES string of the molecule is Nc1ccc(Oc2ccc3c(c2)CCC(c2cccc(F)c2F)O3)nc1. The van der Waals surface area contributed by atoms with Gasteiger partial charge in [0.25, 0.3) is 0 Å². The molecule has 4 nitrogen and oxygen atoms in total. The van der Waals surface area contributed by atoms with Crippen molar-refractivity contribution in [1.82, 2.24) is 4.98 Å². The molecule has 132 valence electrons. The Morgan fingerprint density at radius 2 is 2.00 bits per heavy atom.